The van der Waals surface area contributed by atoms with Crippen LogP contribution >= 0.6 is 15.9 Å². The van der Waals surface area contributed by atoms with E-state index in [1.54, 1.807) is 0 Å². The van der Waals surface area contributed by atoms with Crippen molar-refractivity contribution in [2.24, 2.45) is 0 Å². The molecular weight excluding hydrogens is 225 g/mol. The lowest BCUT2D eigenvalue weighted by atomic mass is 10.4. The van der Waals surface area contributed by atoms with Crippen LogP contribution in [0.15, 0.2) is 4.47 Å². The van der Waals surface area contributed by atoms with E-state index in [1.807, 2.05) is 0 Å². The molecule has 0 saturated heterocycles. The Labute approximate surface area is 68.4 Å². The van der Waals surface area contributed by atoms with Gasteiger partial charge in [-0.1, -0.05) is 0 Å². The van der Waals surface area contributed by atoms with Gasteiger partial charge in [-0.3, -0.25) is 0 Å². The monoisotopic (exact) mass is 226 g/mol. The molecule has 1 aromatic heterocycles. The van der Waals surface area contributed by atoms with Gasteiger partial charge in [-0.15, -0.1) is 0 Å². The number of rotatable bonds is 0. The number of anilines is 1. The fourth-order valence-electron chi connectivity index (χ4n) is 0.503. The van der Waals surface area contributed by atoms with Gasteiger partial charge in [0.1, 0.15) is 0 Å². The molecule has 0 saturated carbocycles. The number of pyridine rings is 1. The van der Waals surface area contributed by atoms with Crippen LogP contribution in [0.3, 0.4) is 0 Å². The molecule has 6 heteroatoms. The van der Waals surface area contributed by atoms with E-state index in [9.17, 15) is 13.2 Å². The maximum atomic E-state index is 12.5. The second-order valence-electron chi connectivity index (χ2n) is 1.73. The summed E-state index contributed by atoms with van der Waals surface area (Å²) < 4.78 is 36.5. The molecule has 0 bridgehead atoms. The van der Waals surface area contributed by atoms with Crippen LogP contribution in [0, 0.1) is 17.6 Å². The fraction of sp³-hybridized carbons (Fsp3) is 0. The minimum absolute atomic E-state index is 0.637. The third-order valence-electron chi connectivity index (χ3n) is 1.01. The molecule has 0 aromatic carbocycles. The highest BCUT2D eigenvalue weighted by molar-refractivity contribution is 9.10. The van der Waals surface area contributed by atoms with Crippen molar-refractivity contribution >= 4 is 21.7 Å². The Hall–Kier alpha value is -0.780. The van der Waals surface area contributed by atoms with Crippen molar-refractivity contribution in [3.63, 3.8) is 0 Å². The van der Waals surface area contributed by atoms with Crippen LogP contribution in [0.2, 0.25) is 0 Å². The van der Waals surface area contributed by atoms with Crippen LogP contribution in [0.5, 0.6) is 0 Å². The first kappa shape index (κ1) is 8.32. The third-order valence-corrected chi connectivity index (χ3v) is 1.71. The van der Waals surface area contributed by atoms with Crippen molar-refractivity contribution < 1.29 is 13.2 Å². The van der Waals surface area contributed by atoms with Gasteiger partial charge in [0.15, 0.2) is 17.5 Å². The maximum Gasteiger partial charge on any atom is 0.252 e. The lowest BCUT2D eigenvalue weighted by Gasteiger charge is -1.99. The molecule has 0 atom stereocenters. The molecular formula is C5H2BrF3N2. The molecule has 0 fully saturated rings. The van der Waals surface area contributed by atoms with E-state index in [0.29, 0.717) is 0 Å². The molecule has 60 valence electrons. The minimum atomic E-state index is -1.42. The predicted octanol–water partition coefficient (Wildman–Crippen LogP) is 1.84. The molecule has 1 aromatic rings. The Kier molecular flexibility index (Phi) is 2.03. The number of nitrogens with zero attached hydrogens (tertiary/aromatic N) is 1. The maximum absolute atomic E-state index is 12.5. The highest BCUT2D eigenvalue weighted by Crippen LogP contribution is 2.23. The Morgan fingerprint density at radius 3 is 2.27 bits per heavy atom. The van der Waals surface area contributed by atoms with E-state index in [1.165, 1.54) is 0 Å². The standard InChI is InChI=1S/C5H2BrF3N2/c6-1-2(7)4(9)11-5(10)3(1)8/h(H2,10,11). The zero-order valence-corrected chi connectivity index (χ0v) is 6.62. The van der Waals surface area contributed by atoms with E-state index in [2.05, 4.69) is 20.9 Å². The number of nitrogens with two attached hydrogens (primary N) is 1. The molecule has 0 spiro atoms. The smallest absolute Gasteiger partial charge is 0.252 e. The number of halogens is 4. The highest BCUT2D eigenvalue weighted by atomic mass is 79.9. The molecule has 0 unspecified atom stereocenters. The summed E-state index contributed by atoms with van der Waals surface area (Å²) in [6.07, 6.45) is 0. The van der Waals surface area contributed by atoms with Crippen molar-refractivity contribution in [3.8, 4) is 0 Å². The first-order valence-electron chi connectivity index (χ1n) is 2.49. The average Bonchev–Trinajstić information content (AvgIpc) is 1.97. The van der Waals surface area contributed by atoms with E-state index < -0.39 is 27.9 Å². The summed E-state index contributed by atoms with van der Waals surface area (Å²) in [5, 5.41) is 0. The SMILES string of the molecule is Nc1nc(F)c(F)c(Br)c1F. The Bertz CT molecular complexity index is 276. The summed E-state index contributed by atoms with van der Waals surface area (Å²) in [6.45, 7) is 0. The lowest BCUT2D eigenvalue weighted by molar-refractivity contribution is 0.461. The Morgan fingerprint density at radius 1 is 1.18 bits per heavy atom. The molecule has 11 heavy (non-hydrogen) atoms. The molecule has 2 nitrogen and oxygen atoms in total. The fourth-order valence-corrected chi connectivity index (χ4v) is 0.870. The summed E-state index contributed by atoms with van der Waals surface area (Å²) in [6, 6.07) is 0. The first-order chi connectivity index (χ1) is 5.04. The van der Waals surface area contributed by atoms with E-state index >= 15 is 0 Å². The minimum Gasteiger partial charge on any atom is -0.381 e. The molecule has 2 N–H and O–H groups in total. The van der Waals surface area contributed by atoms with Gasteiger partial charge in [0, 0.05) is 0 Å². The summed E-state index contributed by atoms with van der Waals surface area (Å²) in [4.78, 5) is 2.76. The summed E-state index contributed by atoms with van der Waals surface area (Å²) in [5.41, 5.74) is 4.87. The van der Waals surface area contributed by atoms with Crippen molar-refractivity contribution in [1.29, 1.82) is 0 Å². The first-order valence-corrected chi connectivity index (χ1v) is 3.28. The normalized spacial score (nSPS) is 10.2. The third kappa shape index (κ3) is 1.30. The molecule has 0 aliphatic heterocycles. The van der Waals surface area contributed by atoms with Crippen molar-refractivity contribution in [1.82, 2.24) is 4.98 Å². The van der Waals surface area contributed by atoms with E-state index in [-0.39, 0.29) is 0 Å². The van der Waals surface area contributed by atoms with Crippen LogP contribution in [0.25, 0.3) is 0 Å². The molecule has 0 radical (unpaired) electrons. The second-order valence-corrected chi connectivity index (χ2v) is 2.52. The van der Waals surface area contributed by atoms with Crippen LogP contribution in [-0.4, -0.2) is 4.98 Å². The highest BCUT2D eigenvalue weighted by Gasteiger charge is 2.15. The predicted molar refractivity (Wildman–Crippen MR) is 36.2 cm³/mol. The molecule has 0 aliphatic carbocycles. The van der Waals surface area contributed by atoms with Gasteiger partial charge < -0.3 is 5.73 Å². The largest absolute Gasteiger partial charge is 0.381 e. The number of aromatic nitrogens is 1. The van der Waals surface area contributed by atoms with Crippen LogP contribution in [-0.2, 0) is 0 Å². The van der Waals surface area contributed by atoms with Crippen molar-refractivity contribution in [2.45, 2.75) is 0 Å². The lowest BCUT2D eigenvalue weighted by Crippen LogP contribution is -2.02. The quantitative estimate of drug-likeness (QED) is 0.686. The van der Waals surface area contributed by atoms with Crippen LogP contribution < -0.4 is 5.73 Å². The van der Waals surface area contributed by atoms with Crippen LogP contribution in [0.1, 0.15) is 0 Å². The van der Waals surface area contributed by atoms with Gasteiger partial charge in [-0.25, -0.2) is 8.78 Å². The van der Waals surface area contributed by atoms with Gasteiger partial charge in [0.25, 0.3) is 5.95 Å². The van der Waals surface area contributed by atoms with Gasteiger partial charge in [-0.05, 0) is 15.9 Å². The van der Waals surface area contributed by atoms with Crippen LogP contribution in [0.4, 0.5) is 19.0 Å². The van der Waals surface area contributed by atoms with E-state index in [0.717, 1.165) is 0 Å². The summed E-state index contributed by atoms with van der Waals surface area (Å²) in [7, 11) is 0. The second kappa shape index (κ2) is 2.69. The number of hydrogen-bond donors (Lipinski definition) is 1. The van der Waals surface area contributed by atoms with Gasteiger partial charge in [0.2, 0.25) is 0 Å². The van der Waals surface area contributed by atoms with Crippen molar-refractivity contribution in [2.75, 3.05) is 5.73 Å². The zero-order valence-electron chi connectivity index (χ0n) is 5.04. The van der Waals surface area contributed by atoms with E-state index in [4.69, 9.17) is 5.73 Å². The average molecular weight is 227 g/mol. The topological polar surface area (TPSA) is 38.9 Å². The van der Waals surface area contributed by atoms with Gasteiger partial charge in [0.05, 0.1) is 4.47 Å². The van der Waals surface area contributed by atoms with Crippen molar-refractivity contribution in [3.05, 3.63) is 22.1 Å². The summed E-state index contributed by atoms with van der Waals surface area (Å²) in [5.74, 6) is -4.56. The van der Waals surface area contributed by atoms with Gasteiger partial charge >= 0.3 is 0 Å². The molecule has 1 rings (SSSR count). The molecule has 1 heterocycles. The summed E-state index contributed by atoms with van der Waals surface area (Å²) >= 11 is 2.47. The Balaban J connectivity index is 3.46. The van der Waals surface area contributed by atoms with Gasteiger partial charge in [-0.2, -0.15) is 9.37 Å². The number of hydrogen-bond acceptors (Lipinski definition) is 2. The zero-order chi connectivity index (χ0) is 8.59. The molecule has 0 aliphatic rings. The number of nitrogen functional groups attached to an aromatic ring is 1. The molecule has 0 amide bonds. The Morgan fingerprint density at radius 2 is 1.73 bits per heavy atom.